The molecule has 2 amide bonds. The molecule has 142 valence electrons. The van der Waals surface area contributed by atoms with E-state index >= 15 is 0 Å². The molecule has 0 bridgehead atoms. The number of rotatable bonds is 5. The van der Waals surface area contributed by atoms with Crippen LogP contribution in [0.5, 0.6) is 5.75 Å². The first kappa shape index (κ1) is 19.7. The summed E-state index contributed by atoms with van der Waals surface area (Å²) in [7, 11) is 0. The van der Waals surface area contributed by atoms with Crippen molar-refractivity contribution < 1.29 is 31.9 Å². The van der Waals surface area contributed by atoms with Crippen molar-refractivity contribution in [2.45, 2.75) is 25.4 Å². The van der Waals surface area contributed by atoms with Crippen molar-refractivity contribution in [1.82, 2.24) is 10.6 Å². The number of carbonyl (C=O) groups excluding carboxylic acids is 2. The maximum Gasteiger partial charge on any atom is 0.471 e. The molecule has 9 heteroatoms. The monoisotopic (exact) mass is 374 g/mol. The lowest BCUT2D eigenvalue weighted by atomic mass is 9.79. The van der Waals surface area contributed by atoms with Gasteiger partial charge in [0.1, 0.15) is 12.4 Å². The second kappa shape index (κ2) is 7.35. The van der Waals surface area contributed by atoms with E-state index in [0.29, 0.717) is 17.9 Å². The number of hydrogen-bond donors (Lipinski definition) is 2. The zero-order valence-corrected chi connectivity index (χ0v) is 14.2. The van der Waals surface area contributed by atoms with Gasteiger partial charge in [-0.3, -0.25) is 9.59 Å². The number of halogens is 4. The van der Waals surface area contributed by atoms with Crippen LogP contribution >= 0.6 is 0 Å². The van der Waals surface area contributed by atoms with Crippen molar-refractivity contribution in [2.24, 2.45) is 0 Å². The Hall–Kier alpha value is -2.58. The maximum atomic E-state index is 12.8. The van der Waals surface area contributed by atoms with E-state index in [9.17, 15) is 27.2 Å². The van der Waals surface area contributed by atoms with E-state index in [1.807, 2.05) is 13.8 Å². The highest BCUT2D eigenvalue weighted by molar-refractivity contribution is 5.97. The molecule has 0 radical (unpaired) electrons. The van der Waals surface area contributed by atoms with Gasteiger partial charge in [-0.15, -0.1) is 0 Å². The molecule has 0 aromatic heterocycles. The predicted octanol–water partition coefficient (Wildman–Crippen LogP) is 2.62. The van der Waals surface area contributed by atoms with Gasteiger partial charge in [-0.1, -0.05) is 13.8 Å². The molecule has 0 unspecified atom stereocenters. The largest absolute Gasteiger partial charge is 0.489 e. The van der Waals surface area contributed by atoms with E-state index in [-0.39, 0.29) is 29.8 Å². The van der Waals surface area contributed by atoms with Gasteiger partial charge in [0, 0.05) is 29.6 Å². The lowest BCUT2D eigenvalue weighted by molar-refractivity contribution is -0.173. The number of benzene rings is 1. The molecule has 2 rings (SSSR count). The molecule has 1 heterocycles. The molecule has 26 heavy (non-hydrogen) atoms. The minimum absolute atomic E-state index is 0.0897. The molecular formula is C17H18F4N2O3. The first-order chi connectivity index (χ1) is 12.0. The maximum absolute atomic E-state index is 12.8. The second-order valence-corrected chi connectivity index (χ2v) is 6.51. The van der Waals surface area contributed by atoms with Gasteiger partial charge in [0.05, 0.1) is 6.33 Å². The van der Waals surface area contributed by atoms with Crippen LogP contribution in [0.4, 0.5) is 17.6 Å². The molecule has 5 nitrogen and oxygen atoms in total. The lowest BCUT2D eigenvalue weighted by Gasteiger charge is -2.32. The fourth-order valence-corrected chi connectivity index (χ4v) is 2.45. The van der Waals surface area contributed by atoms with E-state index in [4.69, 9.17) is 4.74 Å². The van der Waals surface area contributed by atoms with E-state index in [1.54, 1.807) is 17.4 Å². The van der Waals surface area contributed by atoms with E-state index < -0.39 is 18.6 Å². The quantitative estimate of drug-likeness (QED) is 0.779. The van der Waals surface area contributed by atoms with E-state index in [2.05, 4.69) is 5.32 Å². The molecule has 1 aromatic rings. The van der Waals surface area contributed by atoms with Gasteiger partial charge in [-0.2, -0.15) is 13.2 Å². The Kier molecular flexibility index (Phi) is 5.58. The third-order valence-corrected chi connectivity index (χ3v) is 3.97. The Labute approximate surface area is 147 Å². The molecule has 0 saturated carbocycles. The summed E-state index contributed by atoms with van der Waals surface area (Å²) in [6.45, 7) is 3.35. The second-order valence-electron chi connectivity index (χ2n) is 6.51. The highest BCUT2D eigenvalue weighted by Gasteiger charge is 2.38. The predicted molar refractivity (Wildman–Crippen MR) is 85.6 cm³/mol. The van der Waals surface area contributed by atoms with Gasteiger partial charge >= 0.3 is 12.1 Å². The lowest BCUT2D eigenvalue weighted by Crippen LogP contribution is -2.43. The fourth-order valence-electron chi connectivity index (χ4n) is 2.45. The van der Waals surface area contributed by atoms with Gasteiger partial charge < -0.3 is 15.4 Å². The van der Waals surface area contributed by atoms with Gasteiger partial charge in [-0.25, -0.2) is 4.39 Å². The van der Waals surface area contributed by atoms with E-state index in [1.165, 1.54) is 6.07 Å². The van der Waals surface area contributed by atoms with Gasteiger partial charge in [-0.05, 0) is 23.8 Å². The van der Waals surface area contributed by atoms with Crippen LogP contribution in [0.3, 0.4) is 0 Å². The number of amides is 2. The number of ether oxygens (including phenoxy) is 1. The molecule has 0 saturated heterocycles. The Morgan fingerprint density at radius 1 is 1.38 bits per heavy atom. The Bertz CT molecular complexity index is 742. The minimum atomic E-state index is -5.03. The SMILES string of the molecule is CC1(C)CNC(=O)c2ccc(OC/C(=C/F)CNC(=O)C(F)(F)F)cc21. The summed E-state index contributed by atoms with van der Waals surface area (Å²) < 4.78 is 54.6. The average Bonchev–Trinajstić information content (AvgIpc) is 2.57. The molecule has 0 aliphatic carbocycles. The number of carbonyl (C=O) groups is 2. The zero-order chi connectivity index (χ0) is 19.5. The first-order valence-corrected chi connectivity index (χ1v) is 7.73. The molecule has 1 aliphatic heterocycles. The molecule has 2 N–H and O–H groups in total. The average molecular weight is 374 g/mol. The van der Waals surface area contributed by atoms with Crippen molar-refractivity contribution in [1.29, 1.82) is 0 Å². The van der Waals surface area contributed by atoms with Crippen molar-refractivity contribution in [3.05, 3.63) is 41.2 Å². The first-order valence-electron chi connectivity index (χ1n) is 7.73. The van der Waals surface area contributed by atoms with Crippen LogP contribution in [0.15, 0.2) is 30.1 Å². The number of hydrogen-bond acceptors (Lipinski definition) is 3. The van der Waals surface area contributed by atoms with Crippen LogP contribution in [0.1, 0.15) is 29.8 Å². The Morgan fingerprint density at radius 2 is 2.08 bits per heavy atom. The highest BCUT2D eigenvalue weighted by Crippen LogP contribution is 2.32. The summed E-state index contributed by atoms with van der Waals surface area (Å²) in [5.74, 6) is -2.02. The Morgan fingerprint density at radius 3 is 2.69 bits per heavy atom. The highest BCUT2D eigenvalue weighted by atomic mass is 19.4. The number of alkyl halides is 3. The zero-order valence-electron chi connectivity index (χ0n) is 14.2. The minimum Gasteiger partial charge on any atom is -0.489 e. The third kappa shape index (κ3) is 4.53. The summed E-state index contributed by atoms with van der Waals surface area (Å²) in [5, 5.41) is 4.35. The number of fused-ring (bicyclic) bond motifs is 1. The van der Waals surface area contributed by atoms with E-state index in [0.717, 1.165) is 5.56 Å². The summed E-state index contributed by atoms with van der Waals surface area (Å²) in [4.78, 5) is 22.6. The van der Waals surface area contributed by atoms with Crippen molar-refractivity contribution in [3.8, 4) is 5.75 Å². The normalized spacial score (nSPS) is 16.5. The fraction of sp³-hybridized carbons (Fsp3) is 0.412. The number of nitrogens with one attached hydrogen (secondary N) is 2. The summed E-state index contributed by atoms with van der Waals surface area (Å²) in [5.41, 5.74) is 0.765. The topological polar surface area (TPSA) is 67.4 Å². The molecule has 0 atom stereocenters. The summed E-state index contributed by atoms with van der Waals surface area (Å²) >= 11 is 0. The van der Waals surface area contributed by atoms with Crippen LogP contribution in [-0.4, -0.2) is 37.7 Å². The van der Waals surface area contributed by atoms with Crippen LogP contribution in [0.25, 0.3) is 0 Å². The van der Waals surface area contributed by atoms with Gasteiger partial charge in [0.15, 0.2) is 0 Å². The van der Waals surface area contributed by atoms with Crippen LogP contribution in [0.2, 0.25) is 0 Å². The van der Waals surface area contributed by atoms with Crippen molar-refractivity contribution >= 4 is 11.8 Å². The third-order valence-electron chi connectivity index (χ3n) is 3.97. The molecule has 1 aromatic carbocycles. The van der Waals surface area contributed by atoms with Crippen LogP contribution in [0, 0.1) is 0 Å². The molecule has 0 fully saturated rings. The van der Waals surface area contributed by atoms with Gasteiger partial charge in [0.25, 0.3) is 5.91 Å². The molecule has 1 aliphatic rings. The summed E-state index contributed by atoms with van der Waals surface area (Å²) in [6.07, 6.45) is -4.95. The standard InChI is InChI=1S/C17H18F4N2O3/c1-16(2)9-23-14(24)12-4-3-11(5-13(12)16)26-8-10(6-18)7-22-15(25)17(19,20)21/h3-6H,7-9H2,1-2H3,(H,22,25)(H,23,24)/b10-6+. The van der Waals surface area contributed by atoms with Crippen molar-refractivity contribution in [2.75, 3.05) is 19.7 Å². The summed E-state index contributed by atoms with van der Waals surface area (Å²) in [6, 6.07) is 4.74. The smallest absolute Gasteiger partial charge is 0.471 e. The van der Waals surface area contributed by atoms with Gasteiger partial charge in [0.2, 0.25) is 0 Å². The van der Waals surface area contributed by atoms with Crippen molar-refractivity contribution in [3.63, 3.8) is 0 Å². The van der Waals surface area contributed by atoms with Crippen LogP contribution in [-0.2, 0) is 10.2 Å². The molecule has 0 spiro atoms. The molecular weight excluding hydrogens is 356 g/mol. The Balaban J connectivity index is 2.03. The van der Waals surface area contributed by atoms with Crippen LogP contribution < -0.4 is 15.4 Å².